The van der Waals surface area contributed by atoms with Gasteiger partial charge in [0, 0.05) is 45.0 Å². The summed E-state index contributed by atoms with van der Waals surface area (Å²) in [5, 5.41) is 3.97. The van der Waals surface area contributed by atoms with Crippen molar-refractivity contribution in [3.63, 3.8) is 0 Å². The summed E-state index contributed by atoms with van der Waals surface area (Å²) in [5.74, 6) is 0.205. The summed E-state index contributed by atoms with van der Waals surface area (Å²) >= 11 is 0. The zero-order valence-corrected chi connectivity index (χ0v) is 19.4. The number of carbonyl (C=O) groups is 1. The lowest BCUT2D eigenvalue weighted by atomic mass is 10.1. The van der Waals surface area contributed by atoms with Crippen LogP contribution in [0.15, 0.2) is 30.3 Å². The number of alkyl halides is 3. The zero-order valence-electron chi connectivity index (χ0n) is 19.4. The Bertz CT molecular complexity index is 1190. The second kappa shape index (κ2) is 9.03. The van der Waals surface area contributed by atoms with Crippen LogP contribution in [-0.2, 0) is 18.0 Å². The molecule has 0 spiro atoms. The third kappa shape index (κ3) is 4.59. The number of aromatic nitrogens is 3. The predicted molar refractivity (Wildman–Crippen MR) is 120 cm³/mol. The van der Waals surface area contributed by atoms with Gasteiger partial charge in [-0.15, -0.1) is 0 Å². The smallest absolute Gasteiger partial charge is 0.417 e. The van der Waals surface area contributed by atoms with Crippen LogP contribution in [-0.4, -0.2) is 65.0 Å². The zero-order chi connectivity index (χ0) is 24.6. The second-order valence-electron chi connectivity index (χ2n) is 8.18. The summed E-state index contributed by atoms with van der Waals surface area (Å²) in [4.78, 5) is 20.9. The van der Waals surface area contributed by atoms with Crippen molar-refractivity contribution in [1.82, 2.24) is 19.7 Å². The van der Waals surface area contributed by atoms with Crippen molar-refractivity contribution in [3.05, 3.63) is 41.6 Å². The average Bonchev–Trinajstić information content (AvgIpc) is 3.10. The van der Waals surface area contributed by atoms with Gasteiger partial charge in [0.15, 0.2) is 11.8 Å². The molecule has 1 unspecified atom stereocenters. The molecule has 3 aromatic rings. The molecule has 0 saturated carbocycles. The van der Waals surface area contributed by atoms with Crippen LogP contribution in [0.3, 0.4) is 0 Å². The Balaban J connectivity index is 1.45. The quantitative estimate of drug-likeness (QED) is 0.561. The minimum atomic E-state index is -4.61. The number of benzene rings is 1. The third-order valence-electron chi connectivity index (χ3n) is 5.92. The topological polar surface area (TPSA) is 72.7 Å². The first kappa shape index (κ1) is 23.7. The van der Waals surface area contributed by atoms with Gasteiger partial charge < -0.3 is 19.3 Å². The van der Waals surface area contributed by atoms with Crippen molar-refractivity contribution in [1.29, 1.82) is 0 Å². The van der Waals surface area contributed by atoms with Crippen LogP contribution in [0.1, 0.15) is 18.2 Å². The number of hydrogen-bond donors (Lipinski definition) is 0. The van der Waals surface area contributed by atoms with Crippen LogP contribution in [0.4, 0.5) is 18.9 Å². The molecule has 1 atom stereocenters. The minimum absolute atomic E-state index is 0.0510. The monoisotopic (exact) mass is 477 g/mol. The summed E-state index contributed by atoms with van der Waals surface area (Å²) in [5.41, 5.74) is 0.421. The summed E-state index contributed by atoms with van der Waals surface area (Å²) < 4.78 is 53.1. The van der Waals surface area contributed by atoms with Gasteiger partial charge in [0.2, 0.25) is 5.88 Å². The fourth-order valence-electron chi connectivity index (χ4n) is 4.17. The van der Waals surface area contributed by atoms with Crippen molar-refractivity contribution in [2.75, 3.05) is 38.2 Å². The minimum Gasteiger partial charge on any atom is -0.497 e. The number of nitrogens with zero attached hydrogens (tertiary/aromatic N) is 5. The third-order valence-corrected chi connectivity index (χ3v) is 5.92. The van der Waals surface area contributed by atoms with E-state index >= 15 is 0 Å². The van der Waals surface area contributed by atoms with E-state index in [0.29, 0.717) is 26.2 Å². The number of anilines is 1. The van der Waals surface area contributed by atoms with Gasteiger partial charge in [0.05, 0.1) is 23.8 Å². The highest BCUT2D eigenvalue weighted by molar-refractivity contribution is 5.84. The fraction of sp³-hybridized carbons (Fsp3) is 0.435. The molecule has 182 valence electrons. The van der Waals surface area contributed by atoms with Crippen molar-refractivity contribution in [2.45, 2.75) is 26.1 Å². The molecule has 1 aromatic carbocycles. The van der Waals surface area contributed by atoms with E-state index in [1.165, 1.54) is 25.6 Å². The first-order valence-corrected chi connectivity index (χ1v) is 10.8. The van der Waals surface area contributed by atoms with E-state index < -0.39 is 17.8 Å². The molecule has 8 nitrogen and oxygen atoms in total. The Hall–Kier alpha value is -3.50. The van der Waals surface area contributed by atoms with Gasteiger partial charge in [0.1, 0.15) is 5.75 Å². The summed E-state index contributed by atoms with van der Waals surface area (Å²) in [7, 11) is 3.13. The second-order valence-corrected chi connectivity index (χ2v) is 8.18. The number of aryl methyl sites for hydroxylation is 2. The lowest BCUT2D eigenvalue weighted by molar-refractivity contribution is -0.138. The maximum Gasteiger partial charge on any atom is 0.417 e. The maximum atomic E-state index is 13.7. The highest BCUT2D eigenvalue weighted by Gasteiger charge is 2.36. The van der Waals surface area contributed by atoms with E-state index in [9.17, 15) is 18.0 Å². The summed E-state index contributed by atoms with van der Waals surface area (Å²) in [6.07, 6.45) is -5.61. The number of carbonyl (C=O) groups excluding carboxylic acids is 1. The van der Waals surface area contributed by atoms with E-state index in [2.05, 4.69) is 15.0 Å². The molecule has 4 rings (SSSR count). The first-order chi connectivity index (χ1) is 16.1. The summed E-state index contributed by atoms with van der Waals surface area (Å²) in [6, 6.07) is 8.52. The van der Waals surface area contributed by atoms with Crippen LogP contribution < -0.4 is 14.4 Å². The van der Waals surface area contributed by atoms with E-state index in [4.69, 9.17) is 9.47 Å². The number of amides is 1. The summed E-state index contributed by atoms with van der Waals surface area (Å²) in [6.45, 7) is 5.21. The molecule has 0 N–H and O–H groups in total. The van der Waals surface area contributed by atoms with Crippen LogP contribution in [0.2, 0.25) is 0 Å². The molecule has 1 saturated heterocycles. The number of ether oxygens (including phenoxy) is 2. The molecule has 0 bridgehead atoms. The molecule has 1 aliphatic heterocycles. The number of halogens is 3. The van der Waals surface area contributed by atoms with Crippen molar-refractivity contribution >= 4 is 22.6 Å². The van der Waals surface area contributed by atoms with Gasteiger partial charge in [-0.3, -0.25) is 9.48 Å². The highest BCUT2D eigenvalue weighted by atomic mass is 19.4. The first-order valence-electron chi connectivity index (χ1n) is 10.8. The van der Waals surface area contributed by atoms with E-state index in [1.54, 1.807) is 12.0 Å². The molecule has 1 aliphatic rings. The van der Waals surface area contributed by atoms with Gasteiger partial charge in [-0.2, -0.15) is 23.3 Å². The number of hydrogen-bond acceptors (Lipinski definition) is 6. The largest absolute Gasteiger partial charge is 0.497 e. The normalized spacial score (nSPS) is 15.5. The number of piperazine rings is 1. The van der Waals surface area contributed by atoms with Gasteiger partial charge in [-0.05, 0) is 38.1 Å². The number of pyridine rings is 1. The number of rotatable bonds is 5. The predicted octanol–water partition coefficient (Wildman–Crippen LogP) is 3.42. The molecular weight excluding hydrogens is 451 g/mol. The van der Waals surface area contributed by atoms with Crippen LogP contribution >= 0.6 is 0 Å². The van der Waals surface area contributed by atoms with Crippen LogP contribution in [0.25, 0.3) is 11.0 Å². The lowest BCUT2D eigenvalue weighted by Crippen LogP contribution is -2.52. The van der Waals surface area contributed by atoms with Crippen LogP contribution in [0.5, 0.6) is 11.6 Å². The Morgan fingerprint density at radius 2 is 1.76 bits per heavy atom. The van der Waals surface area contributed by atoms with Gasteiger partial charge in [-0.25, -0.2) is 0 Å². The SMILES string of the molecule is COc1ccc(N2CCN(C(=O)C(C)Oc3cc(C(F)(F)F)c4c(C)nn(C)c4n3)CC2)cc1. The maximum absolute atomic E-state index is 13.7. The van der Waals surface area contributed by atoms with Gasteiger partial charge in [-0.1, -0.05) is 0 Å². The molecule has 3 heterocycles. The average molecular weight is 477 g/mol. The highest BCUT2D eigenvalue weighted by Crippen LogP contribution is 2.37. The Morgan fingerprint density at radius 1 is 1.12 bits per heavy atom. The Morgan fingerprint density at radius 3 is 2.35 bits per heavy atom. The Labute approximate surface area is 194 Å². The van der Waals surface area contributed by atoms with E-state index in [-0.39, 0.29) is 28.5 Å². The standard InChI is InChI=1S/C23H26F3N5O3/c1-14-20-18(23(24,25)26)13-19(27-21(20)29(3)28-14)34-15(2)22(32)31-11-9-30(10-12-31)16-5-7-17(33-4)8-6-16/h5-8,13,15H,9-12H2,1-4H3. The molecule has 1 fully saturated rings. The van der Waals surface area contributed by atoms with Crippen molar-refractivity contribution < 1.29 is 27.4 Å². The number of methoxy groups -OCH3 is 1. The van der Waals surface area contributed by atoms with E-state index in [0.717, 1.165) is 17.5 Å². The molecule has 34 heavy (non-hydrogen) atoms. The molecule has 11 heteroatoms. The van der Waals surface area contributed by atoms with Gasteiger partial charge >= 0.3 is 6.18 Å². The Kier molecular flexibility index (Phi) is 6.28. The molecule has 0 radical (unpaired) electrons. The van der Waals surface area contributed by atoms with Crippen molar-refractivity contribution in [2.24, 2.45) is 7.05 Å². The lowest BCUT2D eigenvalue weighted by Gasteiger charge is -2.37. The van der Waals surface area contributed by atoms with Crippen molar-refractivity contribution in [3.8, 4) is 11.6 Å². The molecule has 2 aromatic heterocycles. The number of fused-ring (bicyclic) bond motifs is 1. The molecular formula is C23H26F3N5O3. The van der Waals surface area contributed by atoms with E-state index in [1.807, 2.05) is 24.3 Å². The van der Waals surface area contributed by atoms with Gasteiger partial charge in [0.25, 0.3) is 5.91 Å². The molecule has 0 aliphatic carbocycles. The van der Waals surface area contributed by atoms with Crippen LogP contribution in [0, 0.1) is 6.92 Å². The fourth-order valence-corrected chi connectivity index (χ4v) is 4.17. The molecule has 1 amide bonds.